The highest BCUT2D eigenvalue weighted by atomic mass is 35.5. The lowest BCUT2D eigenvalue weighted by atomic mass is 9.78. The van der Waals surface area contributed by atoms with Gasteiger partial charge in [0.15, 0.2) is 5.41 Å². The molecule has 0 fully saturated rings. The van der Waals surface area contributed by atoms with Crippen molar-refractivity contribution in [2.45, 2.75) is 26.7 Å². The highest BCUT2D eigenvalue weighted by molar-refractivity contribution is 6.31. The first-order valence-corrected chi connectivity index (χ1v) is 9.02. The first-order valence-electron chi connectivity index (χ1n) is 8.65. The number of nitrogens with one attached hydrogen (secondary N) is 1. The third-order valence-electron chi connectivity index (χ3n) is 4.15. The Morgan fingerprint density at radius 3 is 2.44 bits per heavy atom. The number of hydrogen-bond acceptors (Lipinski definition) is 5. The maximum atomic E-state index is 12.8. The molecule has 7 heteroatoms. The van der Waals surface area contributed by atoms with Crippen molar-refractivity contribution in [3.8, 4) is 11.8 Å². The van der Waals surface area contributed by atoms with Crippen molar-refractivity contribution < 1.29 is 24.2 Å². The molecule has 0 atom stereocenters. The van der Waals surface area contributed by atoms with Crippen molar-refractivity contribution >= 4 is 34.4 Å². The smallest absolute Gasteiger partial charge is 0.324 e. The Labute approximate surface area is 162 Å². The largest absolute Gasteiger partial charge is 0.465 e. The molecule has 6 nitrogen and oxygen atoms in total. The summed E-state index contributed by atoms with van der Waals surface area (Å²) in [4.78, 5) is 28.7. The van der Waals surface area contributed by atoms with Gasteiger partial charge in [-0.15, -0.1) is 0 Å². The number of H-pyrrole nitrogens is 1. The molecule has 0 radical (unpaired) electrons. The molecule has 144 valence electrons. The highest BCUT2D eigenvalue weighted by Gasteiger charge is 2.49. The number of hydrogen-bond donors (Lipinski definition) is 2. The monoisotopic (exact) mass is 391 g/mol. The number of halogens is 1. The predicted molar refractivity (Wildman–Crippen MR) is 102 cm³/mol. The number of carbonyl (C=O) groups excluding carboxylic acids is 2. The Hall–Kier alpha value is -2.49. The zero-order valence-electron chi connectivity index (χ0n) is 15.3. The molecule has 27 heavy (non-hydrogen) atoms. The fraction of sp³-hybridized carbons (Fsp3) is 0.400. The van der Waals surface area contributed by atoms with Crippen LogP contribution in [0.15, 0.2) is 24.4 Å². The van der Waals surface area contributed by atoms with Crippen LogP contribution in [0, 0.1) is 17.3 Å². The van der Waals surface area contributed by atoms with E-state index < -0.39 is 17.4 Å². The maximum absolute atomic E-state index is 12.8. The van der Waals surface area contributed by atoms with Crippen LogP contribution in [0.1, 0.15) is 25.8 Å². The first kappa shape index (κ1) is 20.8. The highest BCUT2D eigenvalue weighted by Crippen LogP contribution is 2.34. The second kappa shape index (κ2) is 9.45. The minimum absolute atomic E-state index is 0.0480. The van der Waals surface area contributed by atoms with Gasteiger partial charge in [-0.05, 0) is 31.5 Å². The van der Waals surface area contributed by atoms with Crippen LogP contribution in [0.2, 0.25) is 5.02 Å². The van der Waals surface area contributed by atoms with E-state index in [1.807, 2.05) is 6.07 Å². The SMILES string of the molecule is CCOC(=O)C(CC#CCO)(Cc1c[nH]c2cc(Cl)ccc12)C(=O)OCC. The van der Waals surface area contributed by atoms with Gasteiger partial charge in [0, 0.05) is 35.0 Å². The van der Waals surface area contributed by atoms with Crippen molar-refractivity contribution in [3.05, 3.63) is 35.0 Å². The minimum Gasteiger partial charge on any atom is -0.465 e. The van der Waals surface area contributed by atoms with Crippen LogP contribution < -0.4 is 0 Å². The summed E-state index contributed by atoms with van der Waals surface area (Å²) >= 11 is 6.02. The fourth-order valence-corrected chi connectivity index (χ4v) is 3.04. The predicted octanol–water partition coefficient (Wildman–Crippen LogP) is 2.86. The van der Waals surface area contributed by atoms with Crippen LogP contribution in [-0.2, 0) is 25.5 Å². The van der Waals surface area contributed by atoms with Crippen molar-refractivity contribution in [1.82, 2.24) is 4.98 Å². The van der Waals surface area contributed by atoms with Gasteiger partial charge in [0.25, 0.3) is 0 Å². The fourth-order valence-electron chi connectivity index (χ4n) is 2.87. The van der Waals surface area contributed by atoms with Gasteiger partial charge in [0.05, 0.1) is 13.2 Å². The third-order valence-corrected chi connectivity index (χ3v) is 4.38. The van der Waals surface area contributed by atoms with Crippen molar-refractivity contribution in [2.24, 2.45) is 5.41 Å². The summed E-state index contributed by atoms with van der Waals surface area (Å²) in [5.74, 6) is 3.79. The summed E-state index contributed by atoms with van der Waals surface area (Å²) in [6.45, 7) is 3.21. The average Bonchev–Trinajstić information content (AvgIpc) is 3.03. The topological polar surface area (TPSA) is 88.6 Å². The van der Waals surface area contributed by atoms with Gasteiger partial charge in [-0.25, -0.2) is 0 Å². The number of carbonyl (C=O) groups is 2. The van der Waals surface area contributed by atoms with Gasteiger partial charge < -0.3 is 19.6 Å². The lowest BCUT2D eigenvalue weighted by Crippen LogP contribution is -2.43. The quantitative estimate of drug-likeness (QED) is 0.430. The van der Waals surface area contributed by atoms with Crippen LogP contribution in [0.4, 0.5) is 0 Å². The maximum Gasteiger partial charge on any atom is 0.324 e. The van der Waals surface area contributed by atoms with Gasteiger partial charge in [-0.2, -0.15) is 0 Å². The summed E-state index contributed by atoms with van der Waals surface area (Å²) in [5.41, 5.74) is -0.0858. The zero-order chi connectivity index (χ0) is 19.9. The molecular weight excluding hydrogens is 370 g/mol. The van der Waals surface area contributed by atoms with E-state index in [4.69, 9.17) is 26.2 Å². The summed E-state index contributed by atoms with van der Waals surface area (Å²) in [5, 5.41) is 10.4. The number of aromatic amines is 1. The standard InChI is InChI=1S/C20H22ClNO5/c1-3-26-18(24)20(9-5-6-10-23,19(25)27-4-2)12-14-13-22-17-11-15(21)7-8-16(14)17/h7-8,11,13,22-23H,3-4,9-10,12H2,1-2H3. The van der Waals surface area contributed by atoms with E-state index in [0.29, 0.717) is 5.02 Å². The van der Waals surface area contributed by atoms with E-state index in [2.05, 4.69) is 16.8 Å². The molecule has 2 aromatic rings. The molecule has 0 saturated carbocycles. The molecule has 1 aromatic carbocycles. The molecule has 0 aliphatic rings. The van der Waals surface area contributed by atoms with Crippen LogP contribution in [0.5, 0.6) is 0 Å². The Kier molecular flexibility index (Phi) is 7.28. The summed E-state index contributed by atoms with van der Waals surface area (Å²) in [7, 11) is 0. The number of aromatic nitrogens is 1. The second-order valence-electron chi connectivity index (χ2n) is 5.89. The summed E-state index contributed by atoms with van der Waals surface area (Å²) < 4.78 is 10.4. The molecule has 0 aliphatic carbocycles. The normalized spacial score (nSPS) is 11.0. The molecule has 1 heterocycles. The van der Waals surface area contributed by atoms with Gasteiger partial charge in [-0.1, -0.05) is 29.5 Å². The number of aliphatic hydroxyl groups excluding tert-OH is 1. The van der Waals surface area contributed by atoms with E-state index in [1.165, 1.54) is 0 Å². The van der Waals surface area contributed by atoms with Crippen LogP contribution in [0.3, 0.4) is 0 Å². The van der Waals surface area contributed by atoms with Gasteiger partial charge >= 0.3 is 11.9 Å². The number of esters is 2. The number of aliphatic hydroxyl groups is 1. The Morgan fingerprint density at radius 1 is 1.19 bits per heavy atom. The Morgan fingerprint density at radius 2 is 1.85 bits per heavy atom. The molecule has 0 spiro atoms. The van der Waals surface area contributed by atoms with E-state index in [0.717, 1.165) is 16.5 Å². The molecule has 0 amide bonds. The number of fused-ring (bicyclic) bond motifs is 1. The van der Waals surface area contributed by atoms with E-state index in [1.54, 1.807) is 32.2 Å². The lowest BCUT2D eigenvalue weighted by Gasteiger charge is -2.27. The van der Waals surface area contributed by atoms with E-state index in [9.17, 15) is 9.59 Å². The second-order valence-corrected chi connectivity index (χ2v) is 6.33. The van der Waals surface area contributed by atoms with Crippen molar-refractivity contribution in [3.63, 3.8) is 0 Å². The van der Waals surface area contributed by atoms with E-state index in [-0.39, 0.29) is 32.7 Å². The molecule has 0 bridgehead atoms. The van der Waals surface area contributed by atoms with Crippen LogP contribution in [0.25, 0.3) is 10.9 Å². The zero-order valence-corrected chi connectivity index (χ0v) is 16.1. The average molecular weight is 392 g/mol. The summed E-state index contributed by atoms with van der Waals surface area (Å²) in [6.07, 6.45) is 1.66. The van der Waals surface area contributed by atoms with E-state index >= 15 is 0 Å². The minimum atomic E-state index is -1.62. The Balaban J connectivity index is 2.53. The molecule has 0 saturated heterocycles. The van der Waals surface area contributed by atoms with Crippen LogP contribution >= 0.6 is 11.6 Å². The molecule has 2 rings (SSSR count). The third kappa shape index (κ3) is 4.62. The molecule has 2 N–H and O–H groups in total. The molecular formula is C20H22ClNO5. The van der Waals surface area contributed by atoms with Crippen molar-refractivity contribution in [2.75, 3.05) is 19.8 Å². The Bertz CT molecular complexity index is 859. The molecule has 0 unspecified atom stereocenters. The first-order chi connectivity index (χ1) is 13.0. The van der Waals surface area contributed by atoms with Crippen LogP contribution in [-0.4, -0.2) is 41.8 Å². The van der Waals surface area contributed by atoms with Gasteiger partial charge in [0.1, 0.15) is 6.61 Å². The number of benzene rings is 1. The van der Waals surface area contributed by atoms with Gasteiger partial charge in [0.2, 0.25) is 0 Å². The lowest BCUT2D eigenvalue weighted by molar-refractivity contribution is -0.171. The number of rotatable bonds is 7. The molecule has 0 aliphatic heterocycles. The van der Waals surface area contributed by atoms with Gasteiger partial charge in [-0.3, -0.25) is 9.59 Å². The number of ether oxygens (including phenoxy) is 2. The molecule has 1 aromatic heterocycles. The summed E-state index contributed by atoms with van der Waals surface area (Å²) in [6, 6.07) is 5.33. The van der Waals surface area contributed by atoms with Crippen molar-refractivity contribution in [1.29, 1.82) is 0 Å².